The summed E-state index contributed by atoms with van der Waals surface area (Å²) in [5, 5.41) is 3.27. The second-order valence-electron chi connectivity index (χ2n) is 5.66. The Hall–Kier alpha value is -0.430. The van der Waals surface area contributed by atoms with Crippen LogP contribution in [0.15, 0.2) is 11.6 Å². The molecule has 116 valence electrons. The number of piperazine rings is 1. The Morgan fingerprint density at radius 2 is 2.05 bits per heavy atom. The zero-order valence-electron chi connectivity index (χ0n) is 12.2. The molecule has 0 spiro atoms. The Bertz CT molecular complexity index is 414. The van der Waals surface area contributed by atoms with Crippen molar-refractivity contribution in [1.29, 1.82) is 0 Å². The van der Waals surface area contributed by atoms with Crippen molar-refractivity contribution in [3.05, 3.63) is 11.6 Å². The fourth-order valence-electron chi connectivity index (χ4n) is 2.75. The van der Waals surface area contributed by atoms with Crippen LogP contribution in [-0.2, 0) is 10.0 Å². The van der Waals surface area contributed by atoms with Crippen molar-refractivity contribution >= 4 is 10.0 Å². The van der Waals surface area contributed by atoms with E-state index in [9.17, 15) is 8.42 Å². The fourth-order valence-corrected chi connectivity index (χ4v) is 3.81. The minimum absolute atomic E-state index is 0.214. The van der Waals surface area contributed by atoms with Crippen LogP contribution in [0.2, 0.25) is 0 Å². The van der Waals surface area contributed by atoms with Crippen molar-refractivity contribution in [2.24, 2.45) is 0 Å². The van der Waals surface area contributed by atoms with E-state index in [1.165, 1.54) is 18.4 Å². The molecule has 1 heterocycles. The van der Waals surface area contributed by atoms with E-state index in [0.29, 0.717) is 13.1 Å². The third-order valence-corrected chi connectivity index (χ3v) is 5.40. The second kappa shape index (κ2) is 8.12. The van der Waals surface area contributed by atoms with Gasteiger partial charge in [-0.05, 0) is 32.1 Å². The summed E-state index contributed by atoms with van der Waals surface area (Å²) in [5.41, 5.74) is 1.42. The summed E-state index contributed by atoms with van der Waals surface area (Å²) in [6.07, 6.45) is 7.97. The van der Waals surface area contributed by atoms with Gasteiger partial charge in [0.05, 0.1) is 5.75 Å². The van der Waals surface area contributed by atoms with E-state index in [0.717, 1.165) is 45.4 Å². The number of hydrogen-bond donors (Lipinski definition) is 2. The van der Waals surface area contributed by atoms with Gasteiger partial charge in [-0.1, -0.05) is 11.6 Å². The smallest absolute Gasteiger partial charge is 0.212 e. The van der Waals surface area contributed by atoms with Crippen LogP contribution in [0.3, 0.4) is 0 Å². The molecule has 20 heavy (non-hydrogen) atoms. The molecule has 1 saturated heterocycles. The predicted octanol–water partition coefficient (Wildman–Crippen LogP) is 0.702. The SMILES string of the molecule is O=S(=O)(CCN1CCNCC1)NCCC1=CCCCC1. The lowest BCUT2D eigenvalue weighted by molar-refractivity contribution is 0.253. The average Bonchev–Trinajstić information content (AvgIpc) is 2.47. The van der Waals surface area contributed by atoms with Crippen molar-refractivity contribution in [2.45, 2.75) is 32.1 Å². The quantitative estimate of drug-likeness (QED) is 0.680. The number of allylic oxidation sites excluding steroid dienone is 1. The average molecular weight is 301 g/mol. The van der Waals surface area contributed by atoms with E-state index in [-0.39, 0.29) is 5.75 Å². The van der Waals surface area contributed by atoms with Crippen LogP contribution in [0.1, 0.15) is 32.1 Å². The van der Waals surface area contributed by atoms with Crippen molar-refractivity contribution < 1.29 is 8.42 Å². The molecule has 1 aliphatic heterocycles. The number of sulfonamides is 1. The maximum Gasteiger partial charge on any atom is 0.212 e. The summed E-state index contributed by atoms with van der Waals surface area (Å²) >= 11 is 0. The van der Waals surface area contributed by atoms with Crippen molar-refractivity contribution in [2.75, 3.05) is 45.0 Å². The fraction of sp³-hybridized carbons (Fsp3) is 0.857. The highest BCUT2D eigenvalue weighted by Crippen LogP contribution is 2.19. The Labute approximate surface area is 122 Å². The molecule has 0 atom stereocenters. The molecule has 1 fully saturated rings. The molecule has 1 aliphatic carbocycles. The van der Waals surface area contributed by atoms with E-state index in [4.69, 9.17) is 0 Å². The largest absolute Gasteiger partial charge is 0.314 e. The molecule has 0 bridgehead atoms. The van der Waals surface area contributed by atoms with Crippen LogP contribution in [0.4, 0.5) is 0 Å². The maximum atomic E-state index is 11.9. The van der Waals surface area contributed by atoms with Crippen LogP contribution < -0.4 is 10.0 Å². The molecule has 2 aliphatic rings. The second-order valence-corrected chi connectivity index (χ2v) is 7.59. The lowest BCUT2D eigenvalue weighted by Gasteiger charge is -2.26. The summed E-state index contributed by atoms with van der Waals surface area (Å²) in [7, 11) is -3.12. The van der Waals surface area contributed by atoms with Gasteiger partial charge >= 0.3 is 0 Å². The van der Waals surface area contributed by atoms with E-state index < -0.39 is 10.0 Å². The van der Waals surface area contributed by atoms with Gasteiger partial charge < -0.3 is 5.32 Å². The van der Waals surface area contributed by atoms with Crippen molar-refractivity contribution in [1.82, 2.24) is 14.9 Å². The van der Waals surface area contributed by atoms with Gasteiger partial charge in [-0.2, -0.15) is 0 Å². The van der Waals surface area contributed by atoms with Crippen LogP contribution in [-0.4, -0.2) is 58.3 Å². The van der Waals surface area contributed by atoms with Gasteiger partial charge in [-0.25, -0.2) is 13.1 Å². The first-order valence-electron chi connectivity index (χ1n) is 7.74. The molecule has 0 aromatic rings. The van der Waals surface area contributed by atoms with E-state index >= 15 is 0 Å². The highest BCUT2D eigenvalue weighted by Gasteiger charge is 2.15. The lowest BCUT2D eigenvalue weighted by atomic mass is 9.97. The monoisotopic (exact) mass is 301 g/mol. The summed E-state index contributed by atoms with van der Waals surface area (Å²) in [5.74, 6) is 0.214. The molecule has 0 aromatic heterocycles. The molecule has 0 aromatic carbocycles. The number of nitrogens with one attached hydrogen (secondary N) is 2. The van der Waals surface area contributed by atoms with E-state index in [1.807, 2.05) is 0 Å². The highest BCUT2D eigenvalue weighted by molar-refractivity contribution is 7.89. The highest BCUT2D eigenvalue weighted by atomic mass is 32.2. The maximum absolute atomic E-state index is 11.9. The van der Waals surface area contributed by atoms with Crippen LogP contribution in [0, 0.1) is 0 Å². The Balaban J connectivity index is 1.64. The van der Waals surface area contributed by atoms with E-state index in [2.05, 4.69) is 21.0 Å². The molecule has 0 amide bonds. The third-order valence-electron chi connectivity index (χ3n) is 4.04. The van der Waals surface area contributed by atoms with Gasteiger partial charge in [-0.3, -0.25) is 4.90 Å². The molecule has 6 heteroatoms. The van der Waals surface area contributed by atoms with Gasteiger partial charge in [-0.15, -0.1) is 0 Å². The first-order valence-corrected chi connectivity index (χ1v) is 9.39. The number of nitrogens with zero attached hydrogens (tertiary/aromatic N) is 1. The first-order chi connectivity index (χ1) is 9.66. The molecule has 2 N–H and O–H groups in total. The van der Waals surface area contributed by atoms with Gasteiger partial charge in [0.15, 0.2) is 0 Å². The van der Waals surface area contributed by atoms with Crippen molar-refractivity contribution in [3.63, 3.8) is 0 Å². The number of rotatable bonds is 7. The molecule has 0 radical (unpaired) electrons. The van der Waals surface area contributed by atoms with Crippen LogP contribution in [0.5, 0.6) is 0 Å². The van der Waals surface area contributed by atoms with Gasteiger partial charge in [0.1, 0.15) is 0 Å². The van der Waals surface area contributed by atoms with Crippen LogP contribution >= 0.6 is 0 Å². The topological polar surface area (TPSA) is 61.4 Å². The summed E-state index contributed by atoms with van der Waals surface area (Å²) < 4.78 is 26.6. The van der Waals surface area contributed by atoms with Crippen LogP contribution in [0.25, 0.3) is 0 Å². The molecule has 2 rings (SSSR count). The summed E-state index contributed by atoms with van der Waals surface area (Å²) in [6.45, 7) is 5.00. The summed E-state index contributed by atoms with van der Waals surface area (Å²) in [4.78, 5) is 2.21. The molecular weight excluding hydrogens is 274 g/mol. The zero-order chi connectivity index (χ0) is 14.3. The predicted molar refractivity (Wildman–Crippen MR) is 82.3 cm³/mol. The lowest BCUT2D eigenvalue weighted by Crippen LogP contribution is -2.46. The summed E-state index contributed by atoms with van der Waals surface area (Å²) in [6, 6.07) is 0. The van der Waals surface area contributed by atoms with Gasteiger partial charge in [0.25, 0.3) is 0 Å². The Kier molecular flexibility index (Phi) is 6.48. The van der Waals surface area contributed by atoms with Gasteiger partial charge in [0, 0.05) is 39.3 Å². The third kappa shape index (κ3) is 5.91. The minimum Gasteiger partial charge on any atom is -0.314 e. The minimum atomic E-state index is -3.12. The first kappa shape index (κ1) is 15.9. The standard InChI is InChI=1S/C14H27N3O2S/c18-20(19,13-12-17-10-8-15-9-11-17)16-7-6-14-4-2-1-3-5-14/h4,15-16H,1-3,5-13H2. The molecule has 0 unspecified atom stereocenters. The molecular formula is C14H27N3O2S. The van der Waals surface area contributed by atoms with Crippen molar-refractivity contribution in [3.8, 4) is 0 Å². The zero-order valence-corrected chi connectivity index (χ0v) is 13.1. The normalized spacial score (nSPS) is 21.7. The van der Waals surface area contributed by atoms with Gasteiger partial charge in [0.2, 0.25) is 10.0 Å². The Morgan fingerprint density at radius 3 is 2.75 bits per heavy atom. The van der Waals surface area contributed by atoms with E-state index in [1.54, 1.807) is 0 Å². The molecule has 0 saturated carbocycles. The Morgan fingerprint density at radius 1 is 1.25 bits per heavy atom. The number of hydrogen-bond acceptors (Lipinski definition) is 4. The molecule has 5 nitrogen and oxygen atoms in total.